The van der Waals surface area contributed by atoms with Crippen LogP contribution in [0.25, 0.3) is 16.7 Å². The van der Waals surface area contributed by atoms with Crippen LogP contribution >= 0.6 is 11.6 Å². The second kappa shape index (κ2) is 4.98. The molecule has 2 heterocycles. The average Bonchev–Trinajstić information content (AvgIpc) is 2.85. The summed E-state index contributed by atoms with van der Waals surface area (Å²) in [4.78, 5) is 15.6. The van der Waals surface area contributed by atoms with Crippen LogP contribution in [-0.2, 0) is 0 Å². The van der Waals surface area contributed by atoms with Gasteiger partial charge >= 0.3 is 0 Å². The molecule has 0 aliphatic carbocycles. The van der Waals surface area contributed by atoms with Gasteiger partial charge in [0.15, 0.2) is 12.1 Å². The van der Waals surface area contributed by atoms with Gasteiger partial charge in [-0.3, -0.25) is 9.36 Å². The third-order valence-electron chi connectivity index (χ3n) is 3.11. The molecule has 2 aromatic heterocycles. The summed E-state index contributed by atoms with van der Waals surface area (Å²) in [5.74, 6) is 1.27. The number of pyridine rings is 1. The minimum Gasteiger partial charge on any atom is -0.497 e. The number of aldehydes is 1. The zero-order chi connectivity index (χ0) is 14.1. The van der Waals surface area contributed by atoms with E-state index in [4.69, 9.17) is 16.3 Å². The number of halogens is 1. The molecule has 4 nitrogen and oxygen atoms in total. The van der Waals surface area contributed by atoms with E-state index < -0.39 is 0 Å². The van der Waals surface area contributed by atoms with E-state index in [0.717, 1.165) is 22.9 Å². The van der Waals surface area contributed by atoms with Crippen LogP contribution in [-0.4, -0.2) is 22.9 Å². The SMILES string of the molecule is COc1ccc2c(c1)cc(C=O)n2-c1ncccc1Cl. The Bertz CT molecular complexity index is 796. The van der Waals surface area contributed by atoms with Gasteiger partial charge in [-0.2, -0.15) is 0 Å². The molecule has 0 fully saturated rings. The van der Waals surface area contributed by atoms with Gasteiger partial charge in [-0.25, -0.2) is 4.98 Å². The van der Waals surface area contributed by atoms with Gasteiger partial charge in [0.2, 0.25) is 0 Å². The van der Waals surface area contributed by atoms with Crippen molar-refractivity contribution in [3.63, 3.8) is 0 Å². The summed E-state index contributed by atoms with van der Waals surface area (Å²) in [6.45, 7) is 0. The number of hydrogen-bond acceptors (Lipinski definition) is 3. The minimum atomic E-state index is 0.490. The van der Waals surface area contributed by atoms with Crippen LogP contribution in [0.1, 0.15) is 10.5 Å². The first-order valence-electron chi connectivity index (χ1n) is 6.00. The van der Waals surface area contributed by atoms with Crippen molar-refractivity contribution in [2.75, 3.05) is 7.11 Å². The van der Waals surface area contributed by atoms with E-state index >= 15 is 0 Å². The van der Waals surface area contributed by atoms with Crippen molar-refractivity contribution in [3.8, 4) is 11.6 Å². The summed E-state index contributed by atoms with van der Waals surface area (Å²) in [5.41, 5.74) is 1.35. The summed E-state index contributed by atoms with van der Waals surface area (Å²) in [6.07, 6.45) is 2.43. The predicted octanol–water partition coefficient (Wildman–Crippen LogP) is 3.50. The van der Waals surface area contributed by atoms with Crippen molar-refractivity contribution in [1.82, 2.24) is 9.55 Å². The molecule has 0 aliphatic rings. The second-order valence-corrected chi connectivity index (χ2v) is 4.66. The number of nitrogens with zero attached hydrogens (tertiary/aromatic N) is 2. The number of carbonyl (C=O) groups excluding carboxylic acids is 1. The summed E-state index contributed by atoms with van der Waals surface area (Å²) < 4.78 is 6.94. The van der Waals surface area contributed by atoms with Gasteiger partial charge in [-0.1, -0.05) is 11.6 Å². The third-order valence-corrected chi connectivity index (χ3v) is 3.40. The topological polar surface area (TPSA) is 44.1 Å². The maximum absolute atomic E-state index is 11.3. The Labute approximate surface area is 120 Å². The summed E-state index contributed by atoms with van der Waals surface area (Å²) >= 11 is 6.18. The number of fused-ring (bicyclic) bond motifs is 1. The molecular weight excluding hydrogens is 276 g/mol. The van der Waals surface area contributed by atoms with Gasteiger partial charge in [0.25, 0.3) is 0 Å². The van der Waals surface area contributed by atoms with Crippen LogP contribution < -0.4 is 4.74 Å². The predicted molar refractivity (Wildman–Crippen MR) is 78.0 cm³/mol. The largest absolute Gasteiger partial charge is 0.497 e. The highest BCUT2D eigenvalue weighted by Gasteiger charge is 2.13. The molecule has 20 heavy (non-hydrogen) atoms. The van der Waals surface area contributed by atoms with Crippen LogP contribution in [0, 0.1) is 0 Å². The fourth-order valence-corrected chi connectivity index (χ4v) is 2.41. The van der Waals surface area contributed by atoms with Crippen molar-refractivity contribution in [3.05, 3.63) is 53.3 Å². The van der Waals surface area contributed by atoms with E-state index in [1.54, 1.807) is 36.1 Å². The van der Waals surface area contributed by atoms with Gasteiger partial charge in [-0.05, 0) is 36.4 Å². The van der Waals surface area contributed by atoms with Crippen LogP contribution in [0.3, 0.4) is 0 Å². The monoisotopic (exact) mass is 286 g/mol. The van der Waals surface area contributed by atoms with Gasteiger partial charge in [0, 0.05) is 11.6 Å². The minimum absolute atomic E-state index is 0.490. The van der Waals surface area contributed by atoms with Crippen molar-refractivity contribution in [2.45, 2.75) is 0 Å². The number of aromatic nitrogens is 2. The first kappa shape index (κ1) is 12.7. The van der Waals surface area contributed by atoms with Crippen LogP contribution in [0.4, 0.5) is 0 Å². The third kappa shape index (κ3) is 1.94. The van der Waals surface area contributed by atoms with E-state index in [1.807, 2.05) is 18.2 Å². The highest BCUT2D eigenvalue weighted by molar-refractivity contribution is 6.32. The Morgan fingerprint density at radius 1 is 1.30 bits per heavy atom. The van der Waals surface area contributed by atoms with Crippen molar-refractivity contribution >= 4 is 28.8 Å². The lowest BCUT2D eigenvalue weighted by molar-refractivity contribution is 0.111. The first-order valence-corrected chi connectivity index (χ1v) is 6.38. The van der Waals surface area contributed by atoms with E-state index in [9.17, 15) is 4.79 Å². The molecule has 0 aliphatic heterocycles. The second-order valence-electron chi connectivity index (χ2n) is 4.26. The molecule has 0 amide bonds. The van der Waals surface area contributed by atoms with E-state index in [2.05, 4.69) is 4.98 Å². The van der Waals surface area contributed by atoms with Gasteiger partial charge in [0.1, 0.15) is 5.75 Å². The molecule has 0 saturated carbocycles. The Kier molecular flexibility index (Phi) is 3.16. The molecule has 0 N–H and O–H groups in total. The van der Waals surface area contributed by atoms with Crippen LogP contribution in [0.15, 0.2) is 42.6 Å². The number of benzene rings is 1. The summed E-state index contributed by atoms with van der Waals surface area (Å²) in [5, 5.41) is 1.39. The lowest BCUT2D eigenvalue weighted by atomic mass is 10.2. The quantitative estimate of drug-likeness (QED) is 0.692. The Hall–Kier alpha value is -2.33. The highest BCUT2D eigenvalue weighted by atomic mass is 35.5. The molecule has 5 heteroatoms. The number of ether oxygens (including phenoxy) is 1. The molecule has 1 aromatic carbocycles. The van der Waals surface area contributed by atoms with Gasteiger partial charge in [-0.15, -0.1) is 0 Å². The molecule has 0 spiro atoms. The van der Waals surface area contributed by atoms with Crippen molar-refractivity contribution < 1.29 is 9.53 Å². The lowest BCUT2D eigenvalue weighted by Crippen LogP contribution is -2.02. The molecule has 3 aromatic rings. The molecule has 0 saturated heterocycles. The Morgan fingerprint density at radius 3 is 2.85 bits per heavy atom. The standard InChI is InChI=1S/C15H11ClN2O2/c1-20-12-4-5-14-10(8-12)7-11(9-19)18(14)15-13(16)3-2-6-17-15/h2-9H,1H3. The van der Waals surface area contributed by atoms with Gasteiger partial charge < -0.3 is 4.74 Å². The molecule has 0 atom stereocenters. The van der Waals surface area contributed by atoms with Crippen LogP contribution in [0.5, 0.6) is 5.75 Å². The normalized spacial score (nSPS) is 10.7. The average molecular weight is 287 g/mol. The fraction of sp³-hybridized carbons (Fsp3) is 0.0667. The maximum Gasteiger partial charge on any atom is 0.166 e. The smallest absolute Gasteiger partial charge is 0.166 e. The van der Waals surface area contributed by atoms with E-state index in [0.29, 0.717) is 16.5 Å². The molecule has 0 radical (unpaired) electrons. The van der Waals surface area contributed by atoms with E-state index in [-0.39, 0.29) is 0 Å². The lowest BCUT2D eigenvalue weighted by Gasteiger charge is -2.08. The zero-order valence-corrected chi connectivity index (χ0v) is 11.5. The van der Waals surface area contributed by atoms with Gasteiger partial charge in [0.05, 0.1) is 23.3 Å². The molecule has 3 rings (SSSR count). The fourth-order valence-electron chi connectivity index (χ4n) is 2.21. The number of methoxy groups -OCH3 is 1. The number of carbonyl (C=O) groups is 1. The summed E-state index contributed by atoms with van der Waals surface area (Å²) in [7, 11) is 1.61. The first-order chi connectivity index (χ1) is 9.74. The highest BCUT2D eigenvalue weighted by Crippen LogP contribution is 2.28. The molecule has 100 valence electrons. The Morgan fingerprint density at radius 2 is 2.15 bits per heavy atom. The maximum atomic E-state index is 11.3. The van der Waals surface area contributed by atoms with Crippen LogP contribution in [0.2, 0.25) is 5.02 Å². The summed E-state index contributed by atoms with van der Waals surface area (Å²) in [6, 6.07) is 10.9. The molecule has 0 bridgehead atoms. The van der Waals surface area contributed by atoms with Crippen molar-refractivity contribution in [1.29, 1.82) is 0 Å². The van der Waals surface area contributed by atoms with Crippen molar-refractivity contribution in [2.24, 2.45) is 0 Å². The Balaban J connectivity index is 2.34. The number of hydrogen-bond donors (Lipinski definition) is 0. The van der Waals surface area contributed by atoms with E-state index in [1.165, 1.54) is 0 Å². The number of rotatable bonds is 3. The molecule has 0 unspecified atom stereocenters. The zero-order valence-electron chi connectivity index (χ0n) is 10.7. The molecular formula is C15H11ClN2O2.